The van der Waals surface area contributed by atoms with E-state index in [4.69, 9.17) is 4.55 Å². The Bertz CT molecular complexity index is 523. The summed E-state index contributed by atoms with van der Waals surface area (Å²) in [6.07, 6.45) is 4.33. The van der Waals surface area contributed by atoms with Gasteiger partial charge in [0.15, 0.2) is 11.1 Å². The van der Waals surface area contributed by atoms with Crippen LogP contribution >= 0.6 is 0 Å². The van der Waals surface area contributed by atoms with Crippen LogP contribution in [0.5, 0.6) is 0 Å². The molecule has 2 aromatic rings. The molecule has 0 aliphatic carbocycles. The second-order valence-electron chi connectivity index (χ2n) is 3.52. The van der Waals surface area contributed by atoms with Crippen LogP contribution in [0.25, 0.3) is 11.1 Å². The number of aryl methyl sites for hydroxylation is 1. The lowest BCUT2D eigenvalue weighted by Crippen LogP contribution is -1.92. The van der Waals surface area contributed by atoms with Crippen LogP contribution in [0, 0.1) is 0 Å². The number of benzene rings is 1. The Balaban J connectivity index is 2.29. The highest BCUT2D eigenvalue weighted by Gasteiger charge is 2.02. The first kappa shape index (κ1) is 11.9. The van der Waals surface area contributed by atoms with E-state index >= 15 is 0 Å². The van der Waals surface area contributed by atoms with Gasteiger partial charge in [-0.25, -0.2) is 14.2 Å². The van der Waals surface area contributed by atoms with Crippen molar-refractivity contribution >= 4 is 11.1 Å². The van der Waals surface area contributed by atoms with Crippen LogP contribution in [0.1, 0.15) is 12.7 Å². The smallest absolute Gasteiger partial charge is 0.186 e. The molecule has 1 N–H and O–H groups in total. The summed E-state index contributed by atoms with van der Waals surface area (Å²) in [5.41, 5.74) is 1.83. The van der Waals surface area contributed by atoms with Crippen LogP contribution in [-0.4, -0.2) is 18.7 Å². The van der Waals surface area contributed by atoms with Gasteiger partial charge in [0.2, 0.25) is 0 Å². The molecule has 17 heavy (non-hydrogen) atoms. The van der Waals surface area contributed by atoms with Crippen LogP contribution in [-0.2, 0) is 17.5 Å². The van der Waals surface area contributed by atoms with Gasteiger partial charge in [0.25, 0.3) is 0 Å². The summed E-state index contributed by atoms with van der Waals surface area (Å²) in [6.45, 7) is 2.00. The SMILES string of the molecule is CCc1ncc(-c2ccc(S(=O)O)cc2)cn1. The van der Waals surface area contributed by atoms with Crippen LogP contribution < -0.4 is 0 Å². The molecule has 1 unspecified atom stereocenters. The molecule has 1 aromatic carbocycles. The van der Waals surface area contributed by atoms with Crippen molar-refractivity contribution in [2.75, 3.05) is 0 Å². The Morgan fingerprint density at radius 1 is 1.12 bits per heavy atom. The predicted molar refractivity (Wildman–Crippen MR) is 65.9 cm³/mol. The Morgan fingerprint density at radius 2 is 1.71 bits per heavy atom. The van der Waals surface area contributed by atoms with Crippen molar-refractivity contribution in [3.63, 3.8) is 0 Å². The van der Waals surface area contributed by atoms with E-state index < -0.39 is 11.1 Å². The molecule has 2 rings (SSSR count). The normalized spacial score (nSPS) is 12.4. The summed E-state index contributed by atoms with van der Waals surface area (Å²) < 4.78 is 19.7. The van der Waals surface area contributed by atoms with Crippen molar-refractivity contribution in [1.82, 2.24) is 9.97 Å². The van der Waals surface area contributed by atoms with Gasteiger partial charge in [-0.3, -0.25) is 0 Å². The molecule has 1 aromatic heterocycles. The van der Waals surface area contributed by atoms with Crippen LogP contribution in [0.15, 0.2) is 41.6 Å². The first-order valence-corrected chi connectivity index (χ1v) is 6.33. The minimum Gasteiger partial charge on any atom is -0.302 e. The van der Waals surface area contributed by atoms with Gasteiger partial charge in [-0.05, 0) is 17.7 Å². The van der Waals surface area contributed by atoms with Gasteiger partial charge < -0.3 is 4.55 Å². The second-order valence-corrected chi connectivity index (χ2v) is 4.48. The molecule has 0 radical (unpaired) electrons. The summed E-state index contributed by atoms with van der Waals surface area (Å²) in [6, 6.07) is 6.82. The quantitative estimate of drug-likeness (QED) is 0.846. The zero-order valence-corrected chi connectivity index (χ0v) is 10.1. The van der Waals surface area contributed by atoms with Crippen LogP contribution in [0.4, 0.5) is 0 Å². The van der Waals surface area contributed by atoms with Gasteiger partial charge in [0.1, 0.15) is 5.82 Å². The maximum atomic E-state index is 10.8. The molecule has 0 fully saturated rings. The molecule has 1 heterocycles. The fraction of sp³-hybridized carbons (Fsp3) is 0.167. The lowest BCUT2D eigenvalue weighted by atomic mass is 10.1. The van der Waals surface area contributed by atoms with Gasteiger partial charge in [-0.15, -0.1) is 0 Å². The average Bonchev–Trinajstić information content (AvgIpc) is 2.39. The molecular formula is C12H12N2O2S. The second kappa shape index (κ2) is 5.16. The molecule has 0 aliphatic heterocycles. The molecule has 0 aliphatic rings. The molecule has 0 saturated heterocycles. The zero-order valence-electron chi connectivity index (χ0n) is 9.33. The predicted octanol–water partition coefficient (Wildman–Crippen LogP) is 2.29. The minimum absolute atomic E-state index is 0.389. The Morgan fingerprint density at radius 3 is 2.18 bits per heavy atom. The standard InChI is InChI=1S/C12H12N2O2S/c1-2-12-13-7-10(8-14-12)9-3-5-11(6-4-9)17(15)16/h3-8H,2H2,1H3,(H,15,16). The average molecular weight is 248 g/mol. The largest absolute Gasteiger partial charge is 0.302 e. The molecular weight excluding hydrogens is 236 g/mol. The highest BCUT2D eigenvalue weighted by molar-refractivity contribution is 7.79. The van der Waals surface area contributed by atoms with E-state index in [1.807, 2.05) is 6.92 Å². The number of hydrogen-bond acceptors (Lipinski definition) is 3. The van der Waals surface area contributed by atoms with Gasteiger partial charge in [-0.1, -0.05) is 19.1 Å². The molecule has 5 heteroatoms. The lowest BCUT2D eigenvalue weighted by Gasteiger charge is -2.02. The van der Waals surface area contributed by atoms with Gasteiger partial charge in [0.05, 0.1) is 4.90 Å². The van der Waals surface area contributed by atoms with Crippen molar-refractivity contribution in [1.29, 1.82) is 0 Å². The van der Waals surface area contributed by atoms with Crippen molar-refractivity contribution in [3.05, 3.63) is 42.5 Å². The zero-order chi connectivity index (χ0) is 12.3. The molecule has 0 saturated carbocycles. The summed E-state index contributed by atoms with van der Waals surface area (Å²) >= 11 is -1.93. The van der Waals surface area contributed by atoms with E-state index in [1.165, 1.54) is 0 Å². The third kappa shape index (κ3) is 2.75. The van der Waals surface area contributed by atoms with E-state index in [1.54, 1.807) is 36.7 Å². The first-order chi connectivity index (χ1) is 8.20. The summed E-state index contributed by atoms with van der Waals surface area (Å²) in [5, 5.41) is 0. The summed E-state index contributed by atoms with van der Waals surface area (Å²) in [5.74, 6) is 0.807. The summed E-state index contributed by atoms with van der Waals surface area (Å²) in [7, 11) is 0. The van der Waals surface area contributed by atoms with E-state index in [0.29, 0.717) is 4.90 Å². The highest BCUT2D eigenvalue weighted by Crippen LogP contribution is 2.19. The molecule has 1 atom stereocenters. The molecule has 0 bridgehead atoms. The van der Waals surface area contributed by atoms with E-state index in [9.17, 15) is 4.21 Å². The van der Waals surface area contributed by atoms with Crippen molar-refractivity contribution in [2.45, 2.75) is 18.2 Å². The van der Waals surface area contributed by atoms with E-state index in [2.05, 4.69) is 9.97 Å². The first-order valence-electron chi connectivity index (χ1n) is 5.23. The fourth-order valence-corrected chi connectivity index (χ4v) is 1.82. The van der Waals surface area contributed by atoms with Crippen molar-refractivity contribution < 1.29 is 8.76 Å². The minimum atomic E-state index is -1.93. The number of nitrogens with zero attached hydrogens (tertiary/aromatic N) is 2. The lowest BCUT2D eigenvalue weighted by molar-refractivity contribution is 0.564. The molecule has 4 nitrogen and oxygen atoms in total. The maximum absolute atomic E-state index is 10.8. The molecule has 0 spiro atoms. The van der Waals surface area contributed by atoms with Gasteiger partial charge >= 0.3 is 0 Å². The third-order valence-corrected chi connectivity index (χ3v) is 3.09. The van der Waals surface area contributed by atoms with E-state index in [0.717, 1.165) is 23.4 Å². The van der Waals surface area contributed by atoms with Crippen molar-refractivity contribution in [3.8, 4) is 11.1 Å². The monoisotopic (exact) mass is 248 g/mol. The number of hydrogen-bond donors (Lipinski definition) is 1. The number of rotatable bonds is 3. The summed E-state index contributed by atoms with van der Waals surface area (Å²) in [4.78, 5) is 8.81. The van der Waals surface area contributed by atoms with Crippen molar-refractivity contribution in [2.24, 2.45) is 0 Å². The Labute approximate surface area is 102 Å². The maximum Gasteiger partial charge on any atom is 0.186 e. The topological polar surface area (TPSA) is 63.1 Å². The highest BCUT2D eigenvalue weighted by atomic mass is 32.2. The van der Waals surface area contributed by atoms with E-state index in [-0.39, 0.29) is 0 Å². The fourth-order valence-electron chi connectivity index (χ4n) is 1.45. The van der Waals surface area contributed by atoms with Gasteiger partial charge in [-0.2, -0.15) is 0 Å². The third-order valence-electron chi connectivity index (χ3n) is 2.41. The van der Waals surface area contributed by atoms with Crippen LogP contribution in [0.3, 0.4) is 0 Å². The Kier molecular flexibility index (Phi) is 3.61. The Hall–Kier alpha value is -1.59. The van der Waals surface area contributed by atoms with Gasteiger partial charge in [0, 0.05) is 24.4 Å². The molecule has 0 amide bonds. The van der Waals surface area contributed by atoms with Crippen LogP contribution in [0.2, 0.25) is 0 Å². The molecule has 88 valence electrons. The number of aromatic nitrogens is 2.